The fourth-order valence-corrected chi connectivity index (χ4v) is 4.06. The summed E-state index contributed by atoms with van der Waals surface area (Å²) in [6, 6.07) is 6.30. The van der Waals surface area contributed by atoms with Gasteiger partial charge in [0.25, 0.3) is 0 Å². The summed E-state index contributed by atoms with van der Waals surface area (Å²) in [5.74, 6) is 0.177. The monoisotopic (exact) mass is 566 g/mol. The van der Waals surface area contributed by atoms with Gasteiger partial charge in [0.2, 0.25) is 0 Å². The molecule has 1 rings (SSSR count). The molecule has 0 saturated heterocycles. The van der Waals surface area contributed by atoms with Crippen molar-refractivity contribution >= 4 is 11.9 Å². The second-order valence-corrected chi connectivity index (χ2v) is 10.1. The lowest BCUT2D eigenvalue weighted by molar-refractivity contribution is 0.00787. The molecular formula is C32H54O8. The van der Waals surface area contributed by atoms with E-state index in [1.807, 2.05) is 0 Å². The van der Waals surface area contributed by atoms with E-state index in [9.17, 15) is 9.59 Å². The Morgan fingerprint density at radius 1 is 0.600 bits per heavy atom. The van der Waals surface area contributed by atoms with E-state index in [0.29, 0.717) is 38.3 Å². The van der Waals surface area contributed by atoms with Crippen LogP contribution in [0.2, 0.25) is 0 Å². The smallest absolute Gasteiger partial charge is 0.338 e. The van der Waals surface area contributed by atoms with Crippen LogP contribution in [0.3, 0.4) is 0 Å². The number of rotatable bonds is 26. The maximum Gasteiger partial charge on any atom is 0.338 e. The Kier molecular flexibility index (Phi) is 22.3. The summed E-state index contributed by atoms with van der Waals surface area (Å²) in [7, 11) is 0. The highest BCUT2D eigenvalue weighted by atomic mass is 16.6. The highest BCUT2D eigenvalue weighted by Crippen LogP contribution is 2.14. The summed E-state index contributed by atoms with van der Waals surface area (Å²) in [5, 5.41) is 0. The standard InChI is InChI=1S/C32H54O8/c1-5-9-12-27(7-3)25-37-18-16-35-20-22-39-31(33)29-14-11-15-30(24-29)32(34)40-23-21-36-17-19-38-26-28(8-4)13-10-6-2/h11,14-15,24,27-28H,5-10,12-13,16-23,25-26H2,1-4H3. The van der Waals surface area contributed by atoms with Crippen molar-refractivity contribution in [3.63, 3.8) is 0 Å². The zero-order valence-electron chi connectivity index (χ0n) is 25.5. The molecule has 1 aromatic carbocycles. The highest BCUT2D eigenvalue weighted by molar-refractivity contribution is 5.95. The normalized spacial score (nSPS) is 12.7. The van der Waals surface area contributed by atoms with Crippen LogP contribution in [0.25, 0.3) is 0 Å². The van der Waals surface area contributed by atoms with Crippen molar-refractivity contribution in [2.45, 2.75) is 79.1 Å². The zero-order chi connectivity index (χ0) is 29.3. The van der Waals surface area contributed by atoms with Crippen LogP contribution in [-0.2, 0) is 28.4 Å². The van der Waals surface area contributed by atoms with Crippen LogP contribution in [0.4, 0.5) is 0 Å². The molecule has 230 valence electrons. The van der Waals surface area contributed by atoms with E-state index in [1.54, 1.807) is 18.2 Å². The summed E-state index contributed by atoms with van der Waals surface area (Å²) < 4.78 is 32.9. The van der Waals surface area contributed by atoms with Crippen molar-refractivity contribution in [2.75, 3.05) is 66.1 Å². The molecule has 0 aliphatic heterocycles. The minimum absolute atomic E-state index is 0.125. The van der Waals surface area contributed by atoms with Crippen LogP contribution in [0, 0.1) is 11.8 Å². The molecule has 0 saturated carbocycles. The Bertz CT molecular complexity index is 710. The molecule has 1 aromatic rings. The summed E-state index contributed by atoms with van der Waals surface area (Å²) in [5.41, 5.74) is 0.571. The highest BCUT2D eigenvalue weighted by Gasteiger charge is 2.13. The quantitative estimate of drug-likeness (QED) is 0.0927. The van der Waals surface area contributed by atoms with Crippen LogP contribution < -0.4 is 0 Å². The Hall–Kier alpha value is -2.00. The lowest BCUT2D eigenvalue weighted by atomic mass is 10.0. The van der Waals surface area contributed by atoms with E-state index in [-0.39, 0.29) is 37.6 Å². The summed E-state index contributed by atoms with van der Waals surface area (Å²) in [4.78, 5) is 24.7. The second kappa shape index (κ2) is 24.8. The molecule has 8 heteroatoms. The molecule has 0 spiro atoms. The first kappa shape index (κ1) is 36.0. The fraction of sp³-hybridized carbons (Fsp3) is 0.750. The first-order valence-corrected chi connectivity index (χ1v) is 15.3. The molecule has 0 amide bonds. The molecule has 0 radical (unpaired) electrons. The molecular weight excluding hydrogens is 512 g/mol. The first-order chi connectivity index (χ1) is 19.5. The number of carbonyl (C=O) groups excluding carboxylic acids is 2. The number of unbranched alkanes of at least 4 members (excludes halogenated alkanes) is 2. The third-order valence-electron chi connectivity index (χ3n) is 6.79. The van der Waals surface area contributed by atoms with Gasteiger partial charge in [0.05, 0.1) is 50.8 Å². The summed E-state index contributed by atoms with van der Waals surface area (Å²) in [6.07, 6.45) is 9.53. The molecule has 2 atom stereocenters. The van der Waals surface area contributed by atoms with Gasteiger partial charge in [-0.15, -0.1) is 0 Å². The van der Waals surface area contributed by atoms with Crippen LogP contribution in [-0.4, -0.2) is 78.0 Å². The number of ether oxygens (including phenoxy) is 6. The van der Waals surface area contributed by atoms with E-state index in [4.69, 9.17) is 28.4 Å². The predicted molar refractivity (Wildman–Crippen MR) is 157 cm³/mol. The number of hydrogen-bond acceptors (Lipinski definition) is 8. The van der Waals surface area contributed by atoms with Gasteiger partial charge in [-0.05, 0) is 42.9 Å². The van der Waals surface area contributed by atoms with Gasteiger partial charge in [-0.3, -0.25) is 0 Å². The lowest BCUT2D eigenvalue weighted by Crippen LogP contribution is -2.16. The Morgan fingerprint density at radius 2 is 1.00 bits per heavy atom. The topological polar surface area (TPSA) is 89.5 Å². The molecule has 0 heterocycles. The van der Waals surface area contributed by atoms with Crippen LogP contribution in [0.5, 0.6) is 0 Å². The minimum Gasteiger partial charge on any atom is -0.460 e. The maximum atomic E-state index is 12.4. The molecule has 2 unspecified atom stereocenters. The van der Waals surface area contributed by atoms with Gasteiger partial charge in [0.15, 0.2) is 0 Å². The van der Waals surface area contributed by atoms with Gasteiger partial charge >= 0.3 is 11.9 Å². The van der Waals surface area contributed by atoms with Gasteiger partial charge in [0, 0.05) is 13.2 Å². The molecule has 0 aliphatic rings. The second-order valence-electron chi connectivity index (χ2n) is 10.1. The Labute approximate surface area is 242 Å². The van der Waals surface area contributed by atoms with E-state index in [0.717, 1.165) is 26.1 Å². The third kappa shape index (κ3) is 17.6. The number of hydrogen-bond donors (Lipinski definition) is 0. The van der Waals surface area contributed by atoms with Crippen LogP contribution >= 0.6 is 0 Å². The molecule has 8 nitrogen and oxygen atoms in total. The van der Waals surface area contributed by atoms with Crippen molar-refractivity contribution in [1.29, 1.82) is 0 Å². The van der Waals surface area contributed by atoms with Crippen molar-refractivity contribution < 1.29 is 38.0 Å². The number of carbonyl (C=O) groups is 2. The molecule has 40 heavy (non-hydrogen) atoms. The van der Waals surface area contributed by atoms with Crippen molar-refractivity contribution in [3.05, 3.63) is 35.4 Å². The summed E-state index contributed by atoms with van der Waals surface area (Å²) in [6.45, 7) is 13.1. The fourth-order valence-electron chi connectivity index (χ4n) is 4.06. The molecule has 0 bridgehead atoms. The van der Waals surface area contributed by atoms with Gasteiger partial charge in [-0.1, -0.05) is 72.3 Å². The van der Waals surface area contributed by atoms with Crippen LogP contribution in [0.15, 0.2) is 24.3 Å². The maximum absolute atomic E-state index is 12.4. The number of esters is 2. The van der Waals surface area contributed by atoms with E-state index in [1.165, 1.54) is 44.6 Å². The minimum atomic E-state index is -0.514. The molecule has 0 fully saturated rings. The lowest BCUT2D eigenvalue weighted by Gasteiger charge is -2.14. The van der Waals surface area contributed by atoms with E-state index in [2.05, 4.69) is 27.7 Å². The van der Waals surface area contributed by atoms with Gasteiger partial charge in [0.1, 0.15) is 13.2 Å². The van der Waals surface area contributed by atoms with Crippen LogP contribution in [0.1, 0.15) is 99.8 Å². The van der Waals surface area contributed by atoms with Gasteiger partial charge < -0.3 is 28.4 Å². The first-order valence-electron chi connectivity index (χ1n) is 15.3. The van der Waals surface area contributed by atoms with Gasteiger partial charge in [-0.25, -0.2) is 9.59 Å². The zero-order valence-corrected chi connectivity index (χ0v) is 25.5. The summed E-state index contributed by atoms with van der Waals surface area (Å²) >= 11 is 0. The van der Waals surface area contributed by atoms with Gasteiger partial charge in [-0.2, -0.15) is 0 Å². The average Bonchev–Trinajstić information content (AvgIpc) is 2.98. The molecule has 0 aromatic heterocycles. The third-order valence-corrected chi connectivity index (χ3v) is 6.79. The van der Waals surface area contributed by atoms with E-state index >= 15 is 0 Å². The van der Waals surface area contributed by atoms with Crippen molar-refractivity contribution in [3.8, 4) is 0 Å². The molecule has 0 N–H and O–H groups in total. The van der Waals surface area contributed by atoms with Crippen molar-refractivity contribution in [1.82, 2.24) is 0 Å². The largest absolute Gasteiger partial charge is 0.460 e. The van der Waals surface area contributed by atoms with E-state index < -0.39 is 11.9 Å². The predicted octanol–water partition coefficient (Wildman–Crippen LogP) is 6.50. The Morgan fingerprint density at radius 3 is 1.40 bits per heavy atom. The Balaban J connectivity index is 2.16. The SMILES string of the molecule is CCCCC(CC)COCCOCCOC(=O)c1cccc(C(=O)OCCOCCOCC(CC)CCCC)c1. The van der Waals surface area contributed by atoms with Crippen molar-refractivity contribution in [2.24, 2.45) is 11.8 Å². The molecule has 0 aliphatic carbocycles. The average molecular weight is 567 g/mol. The number of benzene rings is 1.